The van der Waals surface area contributed by atoms with Crippen molar-refractivity contribution >= 4 is 17.3 Å². The lowest BCUT2D eigenvalue weighted by Crippen LogP contribution is -2.45. The first-order chi connectivity index (χ1) is 8.08. The number of rotatable bonds is 2. The van der Waals surface area contributed by atoms with E-state index < -0.39 is 5.82 Å². The molecule has 92 valence electrons. The monoisotopic (exact) mass is 238 g/mol. The second-order valence-electron chi connectivity index (χ2n) is 4.03. The van der Waals surface area contributed by atoms with Crippen LogP contribution in [-0.4, -0.2) is 26.1 Å². The van der Waals surface area contributed by atoms with Gasteiger partial charge in [0.05, 0.1) is 18.5 Å². The summed E-state index contributed by atoms with van der Waals surface area (Å²) in [6.07, 6.45) is 0.696. The number of ether oxygens (including phenoxy) is 1. The van der Waals surface area contributed by atoms with Gasteiger partial charge in [-0.2, -0.15) is 0 Å². The van der Waals surface area contributed by atoms with Crippen LogP contribution >= 0.6 is 0 Å². The van der Waals surface area contributed by atoms with E-state index in [9.17, 15) is 9.18 Å². The van der Waals surface area contributed by atoms with Crippen molar-refractivity contribution in [1.29, 1.82) is 0 Å². The lowest BCUT2D eigenvalue weighted by molar-refractivity contribution is -0.117. The Hall–Kier alpha value is -1.78. The molecule has 0 spiro atoms. The summed E-state index contributed by atoms with van der Waals surface area (Å²) in [7, 11) is 3.24. The zero-order chi connectivity index (χ0) is 12.6. The highest BCUT2D eigenvalue weighted by Gasteiger charge is 2.30. The van der Waals surface area contributed by atoms with E-state index in [1.807, 2.05) is 18.9 Å². The summed E-state index contributed by atoms with van der Waals surface area (Å²) in [5.41, 5.74) is 1.26. The third kappa shape index (κ3) is 1.81. The molecule has 0 aromatic heterocycles. The maximum absolute atomic E-state index is 13.5. The zero-order valence-electron chi connectivity index (χ0n) is 10.1. The summed E-state index contributed by atoms with van der Waals surface area (Å²) < 4.78 is 18.5. The van der Waals surface area contributed by atoms with Crippen molar-refractivity contribution in [2.75, 3.05) is 24.4 Å². The van der Waals surface area contributed by atoms with Gasteiger partial charge in [0.2, 0.25) is 5.91 Å². The number of benzene rings is 1. The zero-order valence-corrected chi connectivity index (χ0v) is 10.1. The summed E-state index contributed by atoms with van der Waals surface area (Å²) in [5.74, 6) is -0.399. The Kier molecular flexibility index (Phi) is 2.92. The smallest absolute Gasteiger partial charge is 0.247 e. The Bertz CT molecular complexity index is 462. The molecule has 1 aromatic rings. The number of nitrogens with one attached hydrogen (secondary N) is 1. The third-order valence-corrected chi connectivity index (χ3v) is 3.06. The summed E-state index contributed by atoms with van der Waals surface area (Å²) in [4.78, 5) is 13.6. The third-order valence-electron chi connectivity index (χ3n) is 3.06. The van der Waals surface area contributed by atoms with Crippen molar-refractivity contribution in [2.24, 2.45) is 0 Å². The van der Waals surface area contributed by atoms with Crippen LogP contribution in [0.1, 0.15) is 13.3 Å². The highest BCUT2D eigenvalue weighted by Crippen LogP contribution is 2.36. The molecule has 1 unspecified atom stereocenters. The summed E-state index contributed by atoms with van der Waals surface area (Å²) in [6.45, 7) is 1.94. The van der Waals surface area contributed by atoms with Crippen LogP contribution in [0, 0.1) is 5.82 Å². The van der Waals surface area contributed by atoms with Crippen molar-refractivity contribution in [1.82, 2.24) is 0 Å². The number of halogens is 1. The lowest BCUT2D eigenvalue weighted by Gasteiger charge is -2.34. The first kappa shape index (κ1) is 11.7. The van der Waals surface area contributed by atoms with Gasteiger partial charge < -0.3 is 15.0 Å². The Morgan fingerprint density at radius 1 is 1.53 bits per heavy atom. The number of carbonyl (C=O) groups excluding carboxylic acids is 1. The first-order valence-electron chi connectivity index (χ1n) is 5.49. The predicted molar refractivity (Wildman–Crippen MR) is 64.1 cm³/mol. The molecule has 1 N–H and O–H groups in total. The molecule has 0 radical (unpaired) electrons. The normalized spacial score (nSPS) is 18.7. The fourth-order valence-electron chi connectivity index (χ4n) is 2.11. The molecule has 4 nitrogen and oxygen atoms in total. The van der Waals surface area contributed by atoms with Gasteiger partial charge in [0.1, 0.15) is 6.04 Å². The predicted octanol–water partition coefficient (Wildman–Crippen LogP) is 2.00. The number of methoxy groups -OCH3 is 1. The van der Waals surface area contributed by atoms with Crippen LogP contribution < -0.4 is 15.0 Å². The molecule has 1 atom stereocenters. The molecule has 2 rings (SSSR count). The Balaban J connectivity index is 2.50. The van der Waals surface area contributed by atoms with Crippen molar-refractivity contribution < 1.29 is 13.9 Å². The van der Waals surface area contributed by atoms with Crippen LogP contribution in [0.5, 0.6) is 5.75 Å². The molecule has 0 saturated carbocycles. The first-order valence-corrected chi connectivity index (χ1v) is 5.49. The number of amides is 1. The fourth-order valence-corrected chi connectivity index (χ4v) is 2.11. The van der Waals surface area contributed by atoms with Crippen molar-refractivity contribution in [3.63, 3.8) is 0 Å². The SMILES string of the molecule is CCC1C(=O)Nc2cc(F)c(OC)cc2N1C. The molecule has 1 aliphatic heterocycles. The maximum atomic E-state index is 13.5. The van der Waals surface area contributed by atoms with Gasteiger partial charge in [-0.1, -0.05) is 6.92 Å². The topological polar surface area (TPSA) is 41.6 Å². The van der Waals surface area contributed by atoms with E-state index in [1.165, 1.54) is 13.2 Å². The molecule has 0 bridgehead atoms. The number of nitrogens with zero attached hydrogens (tertiary/aromatic N) is 1. The number of likely N-dealkylation sites (N-methyl/N-ethyl adjacent to an activating group) is 1. The molecule has 1 amide bonds. The lowest BCUT2D eigenvalue weighted by atomic mass is 10.1. The van der Waals surface area contributed by atoms with Gasteiger partial charge in [-0.15, -0.1) is 0 Å². The summed E-state index contributed by atoms with van der Waals surface area (Å²) in [5, 5.41) is 2.71. The van der Waals surface area contributed by atoms with Crippen molar-refractivity contribution in [3.05, 3.63) is 17.9 Å². The van der Waals surface area contributed by atoms with Crippen LogP contribution in [0.15, 0.2) is 12.1 Å². The molecule has 17 heavy (non-hydrogen) atoms. The van der Waals surface area contributed by atoms with E-state index in [-0.39, 0.29) is 17.7 Å². The van der Waals surface area contributed by atoms with Gasteiger partial charge in [0.25, 0.3) is 0 Å². The quantitative estimate of drug-likeness (QED) is 0.856. The standard InChI is InChI=1S/C12H15FN2O2/c1-4-9-12(16)14-8-5-7(13)11(17-3)6-10(8)15(9)2/h5-6,9H,4H2,1-3H3,(H,14,16). The number of hydrogen-bond donors (Lipinski definition) is 1. The molecular formula is C12H15FN2O2. The number of hydrogen-bond acceptors (Lipinski definition) is 3. The molecule has 1 aliphatic rings. The van der Waals surface area contributed by atoms with Gasteiger partial charge in [0.15, 0.2) is 11.6 Å². The van der Waals surface area contributed by atoms with Crippen LogP contribution in [0.3, 0.4) is 0 Å². The van der Waals surface area contributed by atoms with Gasteiger partial charge in [0, 0.05) is 19.2 Å². The minimum absolute atomic E-state index is 0.105. The minimum atomic E-state index is -0.477. The second kappa shape index (κ2) is 4.24. The molecule has 0 saturated heterocycles. The molecule has 1 aromatic carbocycles. The van der Waals surface area contributed by atoms with Gasteiger partial charge in [-0.3, -0.25) is 4.79 Å². The second-order valence-corrected chi connectivity index (χ2v) is 4.03. The van der Waals surface area contributed by atoms with Crippen LogP contribution in [-0.2, 0) is 4.79 Å². The summed E-state index contributed by atoms with van der Waals surface area (Å²) >= 11 is 0. The van der Waals surface area contributed by atoms with Crippen LogP contribution in [0.2, 0.25) is 0 Å². The Morgan fingerprint density at radius 3 is 2.82 bits per heavy atom. The number of fused-ring (bicyclic) bond motifs is 1. The van der Waals surface area contributed by atoms with E-state index in [2.05, 4.69) is 5.32 Å². The van der Waals surface area contributed by atoms with E-state index in [1.54, 1.807) is 6.07 Å². The highest BCUT2D eigenvalue weighted by atomic mass is 19.1. The van der Waals surface area contributed by atoms with Crippen molar-refractivity contribution in [2.45, 2.75) is 19.4 Å². The molecule has 0 fully saturated rings. The van der Waals surface area contributed by atoms with Crippen LogP contribution in [0.25, 0.3) is 0 Å². The van der Waals surface area contributed by atoms with E-state index >= 15 is 0 Å². The van der Waals surface area contributed by atoms with Gasteiger partial charge in [-0.05, 0) is 6.42 Å². The average molecular weight is 238 g/mol. The van der Waals surface area contributed by atoms with E-state index in [0.29, 0.717) is 12.1 Å². The van der Waals surface area contributed by atoms with Crippen molar-refractivity contribution in [3.8, 4) is 5.75 Å². The minimum Gasteiger partial charge on any atom is -0.494 e. The maximum Gasteiger partial charge on any atom is 0.247 e. The molecular weight excluding hydrogens is 223 g/mol. The number of anilines is 2. The van der Waals surface area contributed by atoms with Crippen LogP contribution in [0.4, 0.5) is 15.8 Å². The van der Waals surface area contributed by atoms with E-state index in [4.69, 9.17) is 4.74 Å². The van der Waals surface area contributed by atoms with E-state index in [0.717, 1.165) is 5.69 Å². The molecule has 0 aliphatic carbocycles. The molecule has 1 heterocycles. The molecule has 5 heteroatoms. The average Bonchev–Trinajstić information content (AvgIpc) is 2.29. The van der Waals surface area contributed by atoms with Gasteiger partial charge in [-0.25, -0.2) is 4.39 Å². The highest BCUT2D eigenvalue weighted by molar-refractivity contribution is 6.03. The summed E-state index contributed by atoms with van der Waals surface area (Å²) in [6, 6.07) is 2.67. The largest absolute Gasteiger partial charge is 0.494 e. The number of carbonyl (C=O) groups is 1. The van der Waals surface area contributed by atoms with Gasteiger partial charge >= 0.3 is 0 Å². The Labute approximate surface area is 99.4 Å². The fraction of sp³-hybridized carbons (Fsp3) is 0.417. The Morgan fingerprint density at radius 2 is 2.24 bits per heavy atom.